The van der Waals surface area contributed by atoms with Crippen LogP contribution in [0.2, 0.25) is 0 Å². The molecule has 0 spiro atoms. The van der Waals surface area contributed by atoms with Gasteiger partial charge in [0.05, 0.1) is 5.69 Å². The third kappa shape index (κ3) is 2.06. The zero-order chi connectivity index (χ0) is 11.5. The molecule has 0 unspecified atom stereocenters. The lowest BCUT2D eigenvalue weighted by atomic mass is 10.1. The Bertz CT molecular complexity index is 523. The summed E-state index contributed by atoms with van der Waals surface area (Å²) in [6.07, 6.45) is 1.50. The average molecular weight is 216 g/mol. The number of halogens is 1. The van der Waals surface area contributed by atoms with Crippen molar-refractivity contribution in [2.45, 2.75) is 0 Å². The van der Waals surface area contributed by atoms with E-state index >= 15 is 0 Å². The lowest BCUT2D eigenvalue weighted by Crippen LogP contribution is -2.10. The SMILES string of the molecule is NC(=O)c1ccnc(-c2ccc(F)cc2)c1. The molecule has 0 aliphatic rings. The first-order chi connectivity index (χ1) is 7.66. The molecular weight excluding hydrogens is 207 g/mol. The maximum absolute atomic E-state index is 12.7. The molecule has 2 rings (SSSR count). The first kappa shape index (κ1) is 10.3. The van der Waals surface area contributed by atoms with Crippen molar-refractivity contribution in [3.63, 3.8) is 0 Å². The van der Waals surface area contributed by atoms with Crippen LogP contribution in [-0.4, -0.2) is 10.9 Å². The van der Waals surface area contributed by atoms with Gasteiger partial charge in [-0.25, -0.2) is 4.39 Å². The Balaban J connectivity index is 2.44. The van der Waals surface area contributed by atoms with Crippen LogP contribution in [-0.2, 0) is 0 Å². The minimum absolute atomic E-state index is 0.310. The van der Waals surface area contributed by atoms with Gasteiger partial charge < -0.3 is 5.73 Å². The van der Waals surface area contributed by atoms with Crippen LogP contribution < -0.4 is 5.73 Å². The largest absolute Gasteiger partial charge is 0.366 e. The van der Waals surface area contributed by atoms with E-state index in [0.717, 1.165) is 5.56 Å². The summed E-state index contributed by atoms with van der Waals surface area (Å²) in [6.45, 7) is 0. The second-order valence-electron chi connectivity index (χ2n) is 3.30. The predicted octanol–water partition coefficient (Wildman–Crippen LogP) is 1.99. The molecule has 0 fully saturated rings. The fourth-order valence-electron chi connectivity index (χ4n) is 1.36. The van der Waals surface area contributed by atoms with Crippen molar-refractivity contribution in [1.82, 2.24) is 4.98 Å². The van der Waals surface area contributed by atoms with Crippen molar-refractivity contribution >= 4 is 5.91 Å². The Kier molecular flexibility index (Phi) is 2.64. The van der Waals surface area contributed by atoms with Crippen LogP contribution in [0.15, 0.2) is 42.6 Å². The number of hydrogen-bond donors (Lipinski definition) is 1. The molecule has 2 N–H and O–H groups in total. The summed E-state index contributed by atoms with van der Waals surface area (Å²) in [5, 5.41) is 0. The van der Waals surface area contributed by atoms with E-state index in [1.807, 2.05) is 0 Å². The lowest BCUT2D eigenvalue weighted by Gasteiger charge is -2.02. The quantitative estimate of drug-likeness (QED) is 0.834. The van der Waals surface area contributed by atoms with Gasteiger partial charge in [-0.1, -0.05) is 0 Å². The molecule has 3 nitrogen and oxygen atoms in total. The van der Waals surface area contributed by atoms with Crippen molar-refractivity contribution in [3.8, 4) is 11.3 Å². The van der Waals surface area contributed by atoms with Crippen LogP contribution in [0.3, 0.4) is 0 Å². The van der Waals surface area contributed by atoms with Crippen LogP contribution in [0.5, 0.6) is 0 Å². The van der Waals surface area contributed by atoms with E-state index < -0.39 is 5.91 Å². The highest BCUT2D eigenvalue weighted by atomic mass is 19.1. The summed E-state index contributed by atoms with van der Waals surface area (Å²) in [7, 11) is 0. The molecule has 1 aromatic heterocycles. The highest BCUT2D eigenvalue weighted by molar-refractivity contribution is 5.93. The van der Waals surface area contributed by atoms with Crippen molar-refractivity contribution in [2.75, 3.05) is 0 Å². The number of nitrogens with zero attached hydrogens (tertiary/aromatic N) is 1. The standard InChI is InChI=1S/C12H9FN2O/c13-10-3-1-8(2-4-10)11-7-9(12(14)16)5-6-15-11/h1-7H,(H2,14,16). The molecule has 1 heterocycles. The zero-order valence-electron chi connectivity index (χ0n) is 8.35. The minimum Gasteiger partial charge on any atom is -0.366 e. The van der Waals surface area contributed by atoms with Gasteiger partial charge in [-0.3, -0.25) is 9.78 Å². The van der Waals surface area contributed by atoms with Gasteiger partial charge in [-0.2, -0.15) is 0 Å². The molecule has 0 bridgehead atoms. The first-order valence-corrected chi connectivity index (χ1v) is 4.68. The van der Waals surface area contributed by atoms with Crippen molar-refractivity contribution in [1.29, 1.82) is 0 Å². The summed E-state index contributed by atoms with van der Waals surface area (Å²) < 4.78 is 12.7. The van der Waals surface area contributed by atoms with E-state index in [4.69, 9.17) is 5.73 Å². The van der Waals surface area contributed by atoms with Gasteiger partial charge in [0.15, 0.2) is 0 Å². The second kappa shape index (κ2) is 4.10. The highest BCUT2D eigenvalue weighted by Crippen LogP contribution is 2.17. The lowest BCUT2D eigenvalue weighted by molar-refractivity contribution is 0.1000. The number of rotatable bonds is 2. The maximum atomic E-state index is 12.7. The first-order valence-electron chi connectivity index (χ1n) is 4.68. The van der Waals surface area contributed by atoms with Crippen LogP contribution in [0.25, 0.3) is 11.3 Å². The van der Waals surface area contributed by atoms with Gasteiger partial charge in [0, 0.05) is 17.3 Å². The van der Waals surface area contributed by atoms with Crippen LogP contribution in [0.4, 0.5) is 4.39 Å². The average Bonchev–Trinajstić information content (AvgIpc) is 2.30. The molecule has 0 radical (unpaired) electrons. The van der Waals surface area contributed by atoms with Crippen LogP contribution >= 0.6 is 0 Å². The van der Waals surface area contributed by atoms with Crippen LogP contribution in [0, 0.1) is 5.82 Å². The molecule has 0 aliphatic heterocycles. The van der Waals surface area contributed by atoms with Gasteiger partial charge in [-0.05, 0) is 36.4 Å². The fraction of sp³-hybridized carbons (Fsp3) is 0. The van der Waals surface area contributed by atoms with Crippen LogP contribution in [0.1, 0.15) is 10.4 Å². The van der Waals surface area contributed by atoms with E-state index in [9.17, 15) is 9.18 Å². The van der Waals surface area contributed by atoms with Gasteiger partial charge >= 0.3 is 0 Å². The molecule has 1 amide bonds. The minimum atomic E-state index is -0.509. The third-order valence-electron chi connectivity index (χ3n) is 2.18. The molecule has 0 saturated heterocycles. The molecule has 2 aromatic rings. The van der Waals surface area contributed by atoms with Crippen molar-refractivity contribution in [2.24, 2.45) is 5.73 Å². The number of benzene rings is 1. The smallest absolute Gasteiger partial charge is 0.248 e. The fourth-order valence-corrected chi connectivity index (χ4v) is 1.36. The summed E-state index contributed by atoms with van der Waals surface area (Å²) in [4.78, 5) is 15.1. The molecule has 16 heavy (non-hydrogen) atoms. The molecule has 1 aromatic carbocycles. The molecule has 0 saturated carbocycles. The van der Waals surface area contributed by atoms with E-state index in [1.54, 1.807) is 18.2 Å². The summed E-state index contributed by atoms with van der Waals surface area (Å²) in [5.74, 6) is -0.819. The topological polar surface area (TPSA) is 56.0 Å². The monoisotopic (exact) mass is 216 g/mol. The number of primary amides is 1. The van der Waals surface area contributed by atoms with E-state index in [0.29, 0.717) is 11.3 Å². The number of hydrogen-bond acceptors (Lipinski definition) is 2. The summed E-state index contributed by atoms with van der Waals surface area (Å²) >= 11 is 0. The number of carbonyl (C=O) groups excluding carboxylic acids is 1. The van der Waals surface area contributed by atoms with E-state index in [-0.39, 0.29) is 5.82 Å². The Morgan fingerprint density at radius 3 is 2.50 bits per heavy atom. The van der Waals surface area contributed by atoms with Gasteiger partial charge in [0.1, 0.15) is 5.82 Å². The molecule has 80 valence electrons. The van der Waals surface area contributed by atoms with Gasteiger partial charge in [-0.15, -0.1) is 0 Å². The summed E-state index contributed by atoms with van der Waals surface area (Å²) in [6, 6.07) is 9.00. The molecular formula is C12H9FN2O. The zero-order valence-corrected chi connectivity index (χ0v) is 8.35. The normalized spacial score (nSPS) is 10.1. The number of aromatic nitrogens is 1. The van der Waals surface area contributed by atoms with E-state index in [2.05, 4.69) is 4.98 Å². The number of amides is 1. The highest BCUT2D eigenvalue weighted by Gasteiger charge is 2.04. The van der Waals surface area contributed by atoms with Crippen molar-refractivity contribution < 1.29 is 9.18 Å². The molecule has 0 atom stereocenters. The molecule has 0 aliphatic carbocycles. The van der Waals surface area contributed by atoms with Gasteiger partial charge in [0.25, 0.3) is 0 Å². The number of nitrogens with two attached hydrogens (primary N) is 1. The molecule has 4 heteroatoms. The Labute approximate surface area is 91.7 Å². The van der Waals surface area contributed by atoms with Crippen molar-refractivity contribution in [3.05, 3.63) is 54.0 Å². The predicted molar refractivity (Wildman–Crippen MR) is 58.1 cm³/mol. The number of carbonyl (C=O) groups is 1. The van der Waals surface area contributed by atoms with E-state index in [1.165, 1.54) is 24.4 Å². The Morgan fingerprint density at radius 2 is 1.88 bits per heavy atom. The maximum Gasteiger partial charge on any atom is 0.248 e. The number of pyridine rings is 1. The Morgan fingerprint density at radius 1 is 1.19 bits per heavy atom. The third-order valence-corrected chi connectivity index (χ3v) is 2.18. The second-order valence-corrected chi connectivity index (χ2v) is 3.30. The Hall–Kier alpha value is -2.23. The summed E-state index contributed by atoms with van der Waals surface area (Å²) in [5.41, 5.74) is 6.88. The van der Waals surface area contributed by atoms with Gasteiger partial charge in [0.2, 0.25) is 5.91 Å².